The van der Waals surface area contributed by atoms with Crippen LogP contribution in [0.2, 0.25) is 0 Å². The molecule has 1 fully saturated rings. The molecular weight excluding hydrogens is 208 g/mol. The lowest BCUT2D eigenvalue weighted by molar-refractivity contribution is 0.170. The van der Waals surface area contributed by atoms with E-state index in [-0.39, 0.29) is 0 Å². The summed E-state index contributed by atoms with van der Waals surface area (Å²) in [5, 5.41) is 0. The molecule has 0 saturated heterocycles. The summed E-state index contributed by atoms with van der Waals surface area (Å²) in [5.74, 6) is 0.973. The van der Waals surface area contributed by atoms with Crippen LogP contribution in [0.4, 0.5) is 0 Å². The van der Waals surface area contributed by atoms with Gasteiger partial charge in [-0.3, -0.25) is 4.90 Å². The fraction of sp³-hybridized carbons (Fsp3) is 0.600. The van der Waals surface area contributed by atoms with Crippen LogP contribution in [0.3, 0.4) is 0 Å². The topological polar surface area (TPSA) is 29.3 Å². The summed E-state index contributed by atoms with van der Waals surface area (Å²) in [7, 11) is 0. The fourth-order valence-corrected chi connectivity index (χ4v) is 3.05. The smallest absolute Gasteiger partial charge is 0.0363 e. The molecule has 0 radical (unpaired) electrons. The Hall–Kier alpha value is -0.860. The second-order valence-corrected chi connectivity index (χ2v) is 5.48. The van der Waals surface area contributed by atoms with Crippen molar-refractivity contribution in [3.05, 3.63) is 35.4 Å². The lowest BCUT2D eigenvalue weighted by atomic mass is 9.90. The van der Waals surface area contributed by atoms with E-state index >= 15 is 0 Å². The molecule has 0 amide bonds. The zero-order chi connectivity index (χ0) is 11.7. The van der Waals surface area contributed by atoms with Crippen molar-refractivity contribution in [3.63, 3.8) is 0 Å². The third-order valence-corrected chi connectivity index (χ3v) is 4.15. The highest BCUT2D eigenvalue weighted by molar-refractivity contribution is 5.32. The lowest BCUT2D eigenvalue weighted by Gasteiger charge is -2.37. The predicted octanol–water partition coefficient (Wildman–Crippen LogP) is 2.34. The van der Waals surface area contributed by atoms with Crippen molar-refractivity contribution in [2.24, 2.45) is 11.7 Å². The minimum Gasteiger partial charge on any atom is -0.330 e. The predicted molar refractivity (Wildman–Crippen MR) is 70.9 cm³/mol. The van der Waals surface area contributed by atoms with Crippen molar-refractivity contribution in [1.82, 2.24) is 4.90 Å². The van der Waals surface area contributed by atoms with E-state index in [1.165, 1.54) is 43.5 Å². The zero-order valence-corrected chi connectivity index (χ0v) is 10.4. The maximum atomic E-state index is 5.80. The summed E-state index contributed by atoms with van der Waals surface area (Å²) in [6, 6.07) is 9.49. The first-order chi connectivity index (χ1) is 8.38. The molecule has 1 aromatic rings. The molecule has 17 heavy (non-hydrogen) atoms. The van der Waals surface area contributed by atoms with Gasteiger partial charge in [-0.2, -0.15) is 0 Å². The highest BCUT2D eigenvalue weighted by atomic mass is 15.2. The molecule has 92 valence electrons. The van der Waals surface area contributed by atoms with Gasteiger partial charge < -0.3 is 5.73 Å². The van der Waals surface area contributed by atoms with E-state index in [0.29, 0.717) is 6.04 Å². The molecule has 1 saturated carbocycles. The van der Waals surface area contributed by atoms with E-state index in [1.54, 1.807) is 0 Å². The van der Waals surface area contributed by atoms with Crippen molar-refractivity contribution < 1.29 is 0 Å². The van der Waals surface area contributed by atoms with Gasteiger partial charge >= 0.3 is 0 Å². The van der Waals surface area contributed by atoms with E-state index in [4.69, 9.17) is 5.73 Å². The van der Waals surface area contributed by atoms with Crippen LogP contribution in [0.5, 0.6) is 0 Å². The molecular formula is C15H22N2. The fourth-order valence-electron chi connectivity index (χ4n) is 3.05. The number of nitrogens with zero attached hydrogens (tertiary/aromatic N) is 1. The summed E-state index contributed by atoms with van der Waals surface area (Å²) in [5.41, 5.74) is 8.87. The Morgan fingerprint density at radius 1 is 1.24 bits per heavy atom. The summed E-state index contributed by atoms with van der Waals surface area (Å²) in [6.45, 7) is 3.30. The molecule has 1 aromatic carbocycles. The molecule has 1 heterocycles. The summed E-state index contributed by atoms with van der Waals surface area (Å²) < 4.78 is 0. The van der Waals surface area contributed by atoms with Gasteiger partial charge in [0.2, 0.25) is 0 Å². The number of rotatable bonds is 4. The minimum atomic E-state index is 0.575. The second-order valence-electron chi connectivity index (χ2n) is 5.48. The molecule has 0 spiro atoms. The number of benzene rings is 1. The lowest BCUT2D eigenvalue weighted by Crippen LogP contribution is -2.37. The van der Waals surface area contributed by atoms with Gasteiger partial charge in [-0.1, -0.05) is 24.3 Å². The molecule has 2 nitrogen and oxygen atoms in total. The summed E-state index contributed by atoms with van der Waals surface area (Å²) in [4.78, 5) is 2.67. The van der Waals surface area contributed by atoms with Gasteiger partial charge in [0.15, 0.2) is 0 Å². The van der Waals surface area contributed by atoms with Crippen LogP contribution in [0.15, 0.2) is 24.3 Å². The van der Waals surface area contributed by atoms with Gasteiger partial charge in [0.25, 0.3) is 0 Å². The number of fused-ring (bicyclic) bond motifs is 1. The van der Waals surface area contributed by atoms with Crippen LogP contribution in [0.25, 0.3) is 0 Å². The first-order valence-electron chi connectivity index (χ1n) is 6.90. The van der Waals surface area contributed by atoms with Crippen LogP contribution in [0, 0.1) is 5.92 Å². The van der Waals surface area contributed by atoms with Gasteiger partial charge in [0.1, 0.15) is 0 Å². The maximum absolute atomic E-state index is 5.80. The molecule has 0 aromatic heterocycles. The summed E-state index contributed by atoms with van der Waals surface area (Å²) >= 11 is 0. The Morgan fingerprint density at radius 2 is 2.06 bits per heavy atom. The molecule has 1 aliphatic carbocycles. The molecule has 1 aliphatic heterocycles. The Bertz CT molecular complexity index is 384. The van der Waals surface area contributed by atoms with Gasteiger partial charge in [-0.25, -0.2) is 0 Å². The average Bonchev–Trinajstić information content (AvgIpc) is 3.16. The largest absolute Gasteiger partial charge is 0.330 e. The minimum absolute atomic E-state index is 0.575. The molecule has 0 bridgehead atoms. The van der Waals surface area contributed by atoms with E-state index in [0.717, 1.165) is 18.9 Å². The van der Waals surface area contributed by atoms with Gasteiger partial charge in [-0.05, 0) is 49.3 Å². The molecule has 1 atom stereocenters. The maximum Gasteiger partial charge on any atom is 0.0363 e. The number of hydrogen-bond donors (Lipinski definition) is 1. The molecule has 2 heteroatoms. The van der Waals surface area contributed by atoms with Gasteiger partial charge in [0, 0.05) is 19.1 Å². The third kappa shape index (κ3) is 2.38. The van der Waals surface area contributed by atoms with Crippen molar-refractivity contribution in [2.75, 3.05) is 19.6 Å². The first kappa shape index (κ1) is 11.2. The van der Waals surface area contributed by atoms with E-state index in [2.05, 4.69) is 29.2 Å². The molecule has 1 unspecified atom stereocenters. The first-order valence-corrected chi connectivity index (χ1v) is 6.90. The Labute approximate surface area is 104 Å². The average molecular weight is 230 g/mol. The van der Waals surface area contributed by atoms with Crippen molar-refractivity contribution >= 4 is 0 Å². The highest BCUT2D eigenvalue weighted by Gasteiger charge is 2.31. The third-order valence-electron chi connectivity index (χ3n) is 4.15. The van der Waals surface area contributed by atoms with Crippen LogP contribution >= 0.6 is 0 Å². The quantitative estimate of drug-likeness (QED) is 0.860. The molecule has 2 N–H and O–H groups in total. The zero-order valence-electron chi connectivity index (χ0n) is 10.4. The van der Waals surface area contributed by atoms with Gasteiger partial charge in [-0.15, -0.1) is 0 Å². The van der Waals surface area contributed by atoms with Crippen molar-refractivity contribution in [2.45, 2.75) is 31.7 Å². The van der Waals surface area contributed by atoms with Crippen LogP contribution in [0.1, 0.15) is 36.4 Å². The van der Waals surface area contributed by atoms with E-state index in [9.17, 15) is 0 Å². The van der Waals surface area contributed by atoms with E-state index in [1.807, 2.05) is 0 Å². The SMILES string of the molecule is NCCC1c2ccccc2CCN1CC1CC1. The van der Waals surface area contributed by atoms with E-state index < -0.39 is 0 Å². The van der Waals surface area contributed by atoms with Crippen LogP contribution in [-0.4, -0.2) is 24.5 Å². The Kier molecular flexibility index (Phi) is 3.17. The second kappa shape index (κ2) is 4.79. The highest BCUT2D eigenvalue weighted by Crippen LogP contribution is 2.37. The van der Waals surface area contributed by atoms with Crippen molar-refractivity contribution in [1.29, 1.82) is 0 Å². The van der Waals surface area contributed by atoms with Crippen LogP contribution in [-0.2, 0) is 6.42 Å². The van der Waals surface area contributed by atoms with Crippen molar-refractivity contribution in [3.8, 4) is 0 Å². The number of hydrogen-bond acceptors (Lipinski definition) is 2. The molecule has 3 rings (SSSR count). The van der Waals surface area contributed by atoms with Gasteiger partial charge in [0.05, 0.1) is 0 Å². The summed E-state index contributed by atoms with van der Waals surface area (Å²) in [6.07, 6.45) is 5.19. The standard InChI is InChI=1S/C15H22N2/c16-9-7-15-14-4-2-1-3-13(14)8-10-17(15)11-12-5-6-12/h1-4,12,15H,5-11,16H2. The Balaban J connectivity index is 1.82. The normalized spacial score (nSPS) is 24.6. The molecule has 2 aliphatic rings. The van der Waals surface area contributed by atoms with Crippen LogP contribution < -0.4 is 5.73 Å². The number of nitrogens with two attached hydrogens (primary N) is 1. The Morgan fingerprint density at radius 3 is 2.82 bits per heavy atom. The monoisotopic (exact) mass is 230 g/mol.